The zero-order valence-corrected chi connectivity index (χ0v) is 20.9. The Labute approximate surface area is 218 Å². The van der Waals surface area contributed by atoms with Gasteiger partial charge in [-0.05, 0) is 43.7 Å². The number of benzene rings is 2. The summed E-state index contributed by atoms with van der Waals surface area (Å²) in [4.78, 5) is 19.7. The second kappa shape index (κ2) is 10.3. The van der Waals surface area contributed by atoms with Crippen LogP contribution >= 0.6 is 0 Å². The van der Waals surface area contributed by atoms with Gasteiger partial charge in [-0.3, -0.25) is 4.79 Å². The number of nitrogens with two attached hydrogens (primary N) is 2. The monoisotopic (exact) mass is 550 g/mol. The molecule has 0 aliphatic heterocycles. The van der Waals surface area contributed by atoms with Crippen LogP contribution in [0.3, 0.4) is 0 Å². The number of aromatic nitrogens is 4. The number of primary amides is 1. The minimum absolute atomic E-state index is 0.0159. The number of alkyl halides is 3. The molecule has 0 fully saturated rings. The molecule has 0 radical (unpaired) electrons. The van der Waals surface area contributed by atoms with E-state index < -0.39 is 35.5 Å². The fraction of sp³-hybridized carbons (Fsp3) is 0.280. The van der Waals surface area contributed by atoms with Gasteiger partial charge in [0.1, 0.15) is 52.4 Å². The molecule has 206 valence electrons. The van der Waals surface area contributed by atoms with Crippen molar-refractivity contribution in [3.63, 3.8) is 0 Å². The highest BCUT2D eigenvalue weighted by atomic mass is 19.4. The van der Waals surface area contributed by atoms with Crippen molar-refractivity contribution in [2.75, 3.05) is 19.5 Å². The Morgan fingerprint density at radius 3 is 2.51 bits per heavy atom. The summed E-state index contributed by atoms with van der Waals surface area (Å²) in [5.74, 6) is -5.43. The number of ether oxygens (including phenoxy) is 2. The van der Waals surface area contributed by atoms with Crippen molar-refractivity contribution in [3.05, 3.63) is 64.7 Å². The maximum Gasteiger partial charge on any atom is 0.398 e. The third kappa shape index (κ3) is 5.13. The molecular formula is C25H23F5N6O3. The van der Waals surface area contributed by atoms with Crippen molar-refractivity contribution in [1.29, 1.82) is 0 Å². The number of carbonyl (C=O) groups is 1. The van der Waals surface area contributed by atoms with Gasteiger partial charge < -0.3 is 20.9 Å². The van der Waals surface area contributed by atoms with Gasteiger partial charge in [0.2, 0.25) is 0 Å². The Bertz CT molecular complexity index is 1570. The average Bonchev–Trinajstić information content (AvgIpc) is 3.23. The van der Waals surface area contributed by atoms with E-state index in [-0.39, 0.29) is 63.8 Å². The van der Waals surface area contributed by atoms with E-state index in [2.05, 4.69) is 15.1 Å². The van der Waals surface area contributed by atoms with Gasteiger partial charge in [0.15, 0.2) is 5.82 Å². The van der Waals surface area contributed by atoms with Crippen LogP contribution in [0.25, 0.3) is 16.8 Å². The number of methoxy groups -OCH3 is 1. The molecule has 9 nitrogen and oxygen atoms in total. The van der Waals surface area contributed by atoms with Gasteiger partial charge in [-0.2, -0.15) is 18.3 Å². The van der Waals surface area contributed by atoms with Crippen LogP contribution < -0.4 is 20.9 Å². The van der Waals surface area contributed by atoms with Crippen molar-refractivity contribution in [1.82, 2.24) is 19.6 Å². The molecule has 39 heavy (non-hydrogen) atoms. The molecule has 4 N–H and O–H groups in total. The van der Waals surface area contributed by atoms with Crippen LogP contribution in [0.1, 0.15) is 47.1 Å². The summed E-state index contributed by atoms with van der Waals surface area (Å²) < 4.78 is 82.6. The summed E-state index contributed by atoms with van der Waals surface area (Å²) in [6.45, 7) is 2.59. The smallest absolute Gasteiger partial charge is 0.398 e. The number of nitrogen functional groups attached to an aromatic ring is 1. The molecule has 0 aliphatic carbocycles. The predicted molar refractivity (Wildman–Crippen MR) is 131 cm³/mol. The Hall–Kier alpha value is -4.49. The molecule has 0 saturated heterocycles. The van der Waals surface area contributed by atoms with Crippen LogP contribution in [-0.4, -0.2) is 45.4 Å². The highest BCUT2D eigenvalue weighted by Crippen LogP contribution is 2.41. The Morgan fingerprint density at radius 2 is 1.90 bits per heavy atom. The highest BCUT2D eigenvalue weighted by molar-refractivity contribution is 5.96. The van der Waals surface area contributed by atoms with Crippen molar-refractivity contribution < 1.29 is 36.2 Å². The Balaban J connectivity index is 1.91. The lowest BCUT2D eigenvalue weighted by atomic mass is 9.98. The molecule has 0 saturated carbocycles. The third-order valence-electron chi connectivity index (χ3n) is 6.01. The largest absolute Gasteiger partial charge is 0.496 e. The maximum atomic E-state index is 15.8. The predicted octanol–water partition coefficient (Wildman–Crippen LogP) is 4.41. The Morgan fingerprint density at radius 1 is 1.18 bits per heavy atom. The summed E-state index contributed by atoms with van der Waals surface area (Å²) >= 11 is 0. The highest BCUT2D eigenvalue weighted by Gasteiger charge is 2.41. The molecule has 4 aromatic rings. The fourth-order valence-electron chi connectivity index (χ4n) is 4.24. The number of carbonyl (C=O) groups excluding carboxylic acids is 1. The number of anilines is 1. The van der Waals surface area contributed by atoms with Gasteiger partial charge in [0.05, 0.1) is 24.8 Å². The molecule has 0 unspecified atom stereocenters. The van der Waals surface area contributed by atoms with Crippen LogP contribution in [0.5, 0.6) is 11.5 Å². The van der Waals surface area contributed by atoms with Crippen molar-refractivity contribution in [3.8, 4) is 22.8 Å². The number of fused-ring (bicyclic) bond motifs is 1. The van der Waals surface area contributed by atoms with E-state index in [1.165, 1.54) is 13.2 Å². The molecular weight excluding hydrogens is 527 g/mol. The molecule has 0 spiro atoms. The molecule has 1 amide bonds. The molecule has 0 aliphatic rings. The third-order valence-corrected chi connectivity index (χ3v) is 6.01. The summed E-state index contributed by atoms with van der Waals surface area (Å²) in [6.07, 6.45) is -3.81. The minimum atomic E-state index is -4.67. The first-order valence-electron chi connectivity index (χ1n) is 11.5. The summed E-state index contributed by atoms with van der Waals surface area (Å²) in [6, 6.07) is 4.55. The molecule has 1 atom stereocenters. The molecule has 4 rings (SSSR count). The van der Waals surface area contributed by atoms with Gasteiger partial charge >= 0.3 is 6.18 Å². The van der Waals surface area contributed by atoms with Gasteiger partial charge in [-0.15, -0.1) is 0 Å². The van der Waals surface area contributed by atoms with E-state index in [0.29, 0.717) is 0 Å². The van der Waals surface area contributed by atoms with Crippen LogP contribution in [-0.2, 0) is 6.42 Å². The number of hydrogen-bond donors (Lipinski definition) is 2. The lowest BCUT2D eigenvalue weighted by molar-refractivity contribution is -0.148. The average molecular weight is 550 g/mol. The molecule has 0 bridgehead atoms. The van der Waals surface area contributed by atoms with Crippen LogP contribution in [0.15, 0.2) is 30.6 Å². The van der Waals surface area contributed by atoms with E-state index >= 15 is 4.39 Å². The molecule has 2 aromatic heterocycles. The maximum absolute atomic E-state index is 15.8. The second-order valence-corrected chi connectivity index (χ2v) is 8.56. The van der Waals surface area contributed by atoms with Gasteiger partial charge in [-0.1, -0.05) is 0 Å². The van der Waals surface area contributed by atoms with E-state index in [0.717, 1.165) is 36.0 Å². The summed E-state index contributed by atoms with van der Waals surface area (Å²) in [5.41, 5.74) is 10.9. The second-order valence-electron chi connectivity index (χ2n) is 8.56. The fourth-order valence-corrected chi connectivity index (χ4v) is 4.24. The standard InChI is InChI=1S/C25H23F5N6O3/c1-4-39-17-7-12(5-13-8-14(26)9-15(23(32)37)21(13)38-3)6-16(27)18(17)19-20-22(31)33-10-34-36(20)24(35-19)11(2)25(28,29)30/h6-11H,4-5H2,1-3H3,(H2,32,37)(H2,31,33,34)/t11-/m1/s1. The molecule has 14 heteroatoms. The number of rotatable bonds is 8. The quantitative estimate of drug-likeness (QED) is 0.311. The van der Waals surface area contributed by atoms with Gasteiger partial charge in [-0.25, -0.2) is 23.3 Å². The van der Waals surface area contributed by atoms with Crippen molar-refractivity contribution in [2.45, 2.75) is 32.4 Å². The first-order valence-corrected chi connectivity index (χ1v) is 11.5. The number of imidazole rings is 1. The number of halogens is 5. The number of hydrogen-bond acceptors (Lipinski definition) is 7. The first kappa shape index (κ1) is 27.5. The van der Waals surface area contributed by atoms with E-state index in [1.54, 1.807) is 6.92 Å². The minimum Gasteiger partial charge on any atom is -0.496 e. The number of amides is 1. The lowest BCUT2D eigenvalue weighted by Gasteiger charge is -2.15. The first-order chi connectivity index (χ1) is 18.4. The summed E-state index contributed by atoms with van der Waals surface area (Å²) in [5, 5.41) is 3.86. The SMILES string of the molecule is CCOc1cc(Cc2cc(F)cc(C(N)=O)c2OC)cc(F)c1-c1nc([C@@H](C)C(F)(F)F)n2ncnc(N)c12. The van der Waals surface area contributed by atoms with E-state index in [9.17, 15) is 22.4 Å². The van der Waals surface area contributed by atoms with Crippen molar-refractivity contribution in [2.24, 2.45) is 5.73 Å². The van der Waals surface area contributed by atoms with E-state index in [4.69, 9.17) is 20.9 Å². The zero-order chi connectivity index (χ0) is 28.6. The van der Waals surface area contributed by atoms with Gasteiger partial charge in [0, 0.05) is 12.0 Å². The van der Waals surface area contributed by atoms with Gasteiger partial charge in [0.25, 0.3) is 5.91 Å². The summed E-state index contributed by atoms with van der Waals surface area (Å²) in [7, 11) is 1.27. The zero-order valence-electron chi connectivity index (χ0n) is 20.9. The normalized spacial score (nSPS) is 12.5. The Kier molecular flexibility index (Phi) is 7.31. The number of nitrogens with zero attached hydrogens (tertiary/aromatic N) is 4. The topological polar surface area (TPSA) is 131 Å². The molecule has 2 heterocycles. The van der Waals surface area contributed by atoms with Crippen LogP contribution in [0.2, 0.25) is 0 Å². The molecule has 2 aromatic carbocycles. The van der Waals surface area contributed by atoms with E-state index in [1.807, 2.05) is 0 Å². The van der Waals surface area contributed by atoms with Crippen molar-refractivity contribution >= 4 is 17.2 Å². The lowest BCUT2D eigenvalue weighted by Crippen LogP contribution is -2.20. The van der Waals surface area contributed by atoms with Crippen LogP contribution in [0, 0.1) is 11.6 Å². The van der Waals surface area contributed by atoms with Crippen LogP contribution in [0.4, 0.5) is 27.8 Å².